The standard InChI is InChI=1S/C12H22N2O.ClH/c1-9(8-10-5-6-10)14-12(15)11-4-2-3-7-13-11;/h9-11,13H,2-8H2,1H3,(H,14,15);1H/t9?,11-;/m1./s1. The fourth-order valence-electron chi connectivity index (χ4n) is 2.33. The quantitative estimate of drug-likeness (QED) is 0.795. The second-order valence-electron chi connectivity index (χ2n) is 5.09. The van der Waals surface area contributed by atoms with E-state index in [0.29, 0.717) is 6.04 Å². The van der Waals surface area contributed by atoms with Crippen molar-refractivity contribution in [2.24, 2.45) is 5.92 Å². The Morgan fingerprint density at radius 1 is 1.38 bits per heavy atom. The molecule has 4 heteroatoms. The molecule has 0 aromatic rings. The molecule has 94 valence electrons. The largest absolute Gasteiger partial charge is 0.352 e. The molecule has 0 aromatic heterocycles. The van der Waals surface area contributed by atoms with Gasteiger partial charge in [0.05, 0.1) is 6.04 Å². The number of carbonyl (C=O) groups is 1. The molecule has 1 aliphatic carbocycles. The lowest BCUT2D eigenvalue weighted by atomic mass is 10.0. The van der Waals surface area contributed by atoms with Gasteiger partial charge in [-0.15, -0.1) is 12.4 Å². The smallest absolute Gasteiger partial charge is 0.237 e. The lowest BCUT2D eigenvalue weighted by molar-refractivity contribution is -0.124. The van der Waals surface area contributed by atoms with Crippen molar-refractivity contribution < 1.29 is 4.79 Å². The predicted octanol–water partition coefficient (Wildman–Crippen LogP) is 1.86. The summed E-state index contributed by atoms with van der Waals surface area (Å²) in [6, 6.07) is 0.425. The van der Waals surface area contributed by atoms with Crippen LogP contribution in [0.3, 0.4) is 0 Å². The second kappa shape index (κ2) is 6.45. The van der Waals surface area contributed by atoms with Gasteiger partial charge in [0.2, 0.25) is 5.91 Å². The number of hydrogen-bond donors (Lipinski definition) is 2. The van der Waals surface area contributed by atoms with Gasteiger partial charge >= 0.3 is 0 Å². The van der Waals surface area contributed by atoms with Gasteiger partial charge in [0, 0.05) is 6.04 Å². The van der Waals surface area contributed by atoms with E-state index in [0.717, 1.165) is 18.9 Å². The van der Waals surface area contributed by atoms with Gasteiger partial charge in [0.1, 0.15) is 0 Å². The molecule has 16 heavy (non-hydrogen) atoms. The molecule has 3 nitrogen and oxygen atoms in total. The topological polar surface area (TPSA) is 41.1 Å². The second-order valence-corrected chi connectivity index (χ2v) is 5.09. The average Bonchev–Trinajstić information content (AvgIpc) is 3.03. The highest BCUT2D eigenvalue weighted by molar-refractivity contribution is 5.85. The number of rotatable bonds is 4. The molecule has 1 amide bonds. The Kier molecular flexibility index (Phi) is 5.56. The van der Waals surface area contributed by atoms with Crippen LogP contribution >= 0.6 is 12.4 Å². The zero-order valence-corrected chi connectivity index (χ0v) is 10.8. The summed E-state index contributed by atoms with van der Waals surface area (Å²) >= 11 is 0. The molecular weight excluding hydrogens is 224 g/mol. The number of amides is 1. The summed E-state index contributed by atoms with van der Waals surface area (Å²) < 4.78 is 0. The molecular formula is C12H23ClN2O. The third-order valence-corrected chi connectivity index (χ3v) is 3.40. The number of nitrogens with one attached hydrogen (secondary N) is 2. The maximum Gasteiger partial charge on any atom is 0.237 e. The first-order valence-corrected chi connectivity index (χ1v) is 6.29. The minimum absolute atomic E-state index is 0. The average molecular weight is 247 g/mol. The van der Waals surface area contributed by atoms with E-state index < -0.39 is 0 Å². The molecule has 0 radical (unpaired) electrons. The van der Waals surface area contributed by atoms with Gasteiger partial charge in [-0.05, 0) is 38.6 Å². The van der Waals surface area contributed by atoms with Gasteiger partial charge < -0.3 is 10.6 Å². The summed E-state index contributed by atoms with van der Waals surface area (Å²) in [7, 11) is 0. The molecule has 2 fully saturated rings. The first-order valence-electron chi connectivity index (χ1n) is 6.29. The lowest BCUT2D eigenvalue weighted by Gasteiger charge is -2.24. The zero-order chi connectivity index (χ0) is 10.7. The molecule has 2 rings (SSSR count). The van der Waals surface area contributed by atoms with Gasteiger partial charge in [-0.2, -0.15) is 0 Å². The van der Waals surface area contributed by atoms with Crippen LogP contribution in [0.2, 0.25) is 0 Å². The van der Waals surface area contributed by atoms with E-state index in [2.05, 4.69) is 17.6 Å². The molecule has 1 heterocycles. The van der Waals surface area contributed by atoms with Gasteiger partial charge in [0.15, 0.2) is 0 Å². The Morgan fingerprint density at radius 2 is 2.12 bits per heavy atom. The Labute approximate surface area is 104 Å². The molecule has 1 saturated heterocycles. The fourth-order valence-corrected chi connectivity index (χ4v) is 2.33. The van der Waals surface area contributed by atoms with Gasteiger partial charge in [0.25, 0.3) is 0 Å². The number of halogens is 1. The summed E-state index contributed by atoms with van der Waals surface area (Å²) in [5, 5.41) is 6.40. The van der Waals surface area contributed by atoms with Crippen molar-refractivity contribution in [2.45, 2.75) is 57.5 Å². The van der Waals surface area contributed by atoms with Crippen molar-refractivity contribution in [2.75, 3.05) is 6.54 Å². The normalized spacial score (nSPS) is 26.7. The van der Waals surface area contributed by atoms with E-state index in [1.54, 1.807) is 0 Å². The Morgan fingerprint density at radius 3 is 2.69 bits per heavy atom. The van der Waals surface area contributed by atoms with Crippen LogP contribution in [0.5, 0.6) is 0 Å². The van der Waals surface area contributed by atoms with E-state index in [4.69, 9.17) is 0 Å². The van der Waals surface area contributed by atoms with Crippen molar-refractivity contribution in [1.82, 2.24) is 10.6 Å². The van der Waals surface area contributed by atoms with Crippen molar-refractivity contribution >= 4 is 18.3 Å². The first-order chi connectivity index (χ1) is 7.25. The zero-order valence-electron chi connectivity index (χ0n) is 10.00. The highest BCUT2D eigenvalue weighted by atomic mass is 35.5. The summed E-state index contributed by atoms with van der Waals surface area (Å²) in [6.07, 6.45) is 7.29. The number of hydrogen-bond acceptors (Lipinski definition) is 2. The van der Waals surface area contributed by atoms with Gasteiger partial charge in [-0.1, -0.05) is 19.3 Å². The molecule has 0 aromatic carbocycles. The van der Waals surface area contributed by atoms with Crippen LogP contribution in [-0.4, -0.2) is 24.5 Å². The van der Waals surface area contributed by atoms with Crippen LogP contribution in [-0.2, 0) is 4.79 Å². The van der Waals surface area contributed by atoms with E-state index in [1.807, 2.05) is 0 Å². The fraction of sp³-hybridized carbons (Fsp3) is 0.917. The maximum absolute atomic E-state index is 11.8. The SMILES string of the molecule is CC(CC1CC1)NC(=O)[C@H]1CCCCN1.Cl. The molecule has 2 atom stereocenters. The van der Waals surface area contributed by atoms with E-state index >= 15 is 0 Å². The summed E-state index contributed by atoms with van der Waals surface area (Å²) in [6.45, 7) is 3.12. The van der Waals surface area contributed by atoms with Crippen molar-refractivity contribution in [1.29, 1.82) is 0 Å². The number of piperidine rings is 1. The van der Waals surface area contributed by atoms with E-state index in [-0.39, 0.29) is 24.4 Å². The molecule has 1 saturated carbocycles. The van der Waals surface area contributed by atoms with Gasteiger partial charge in [-0.3, -0.25) is 4.79 Å². The summed E-state index contributed by atoms with van der Waals surface area (Å²) in [5.74, 6) is 1.10. The minimum atomic E-state index is 0. The van der Waals surface area contributed by atoms with Crippen LogP contribution < -0.4 is 10.6 Å². The molecule has 1 unspecified atom stereocenters. The summed E-state index contributed by atoms with van der Waals surface area (Å²) in [4.78, 5) is 11.8. The van der Waals surface area contributed by atoms with Crippen LogP contribution in [0.25, 0.3) is 0 Å². The summed E-state index contributed by atoms with van der Waals surface area (Å²) in [5.41, 5.74) is 0. The van der Waals surface area contributed by atoms with Crippen molar-refractivity contribution in [3.8, 4) is 0 Å². The Hall–Kier alpha value is -0.280. The highest BCUT2D eigenvalue weighted by Crippen LogP contribution is 2.33. The van der Waals surface area contributed by atoms with Crippen LogP contribution in [0.1, 0.15) is 45.4 Å². The van der Waals surface area contributed by atoms with Gasteiger partial charge in [-0.25, -0.2) is 0 Å². The Bertz CT molecular complexity index is 225. The van der Waals surface area contributed by atoms with Crippen molar-refractivity contribution in [3.05, 3.63) is 0 Å². The Balaban J connectivity index is 0.00000128. The third-order valence-electron chi connectivity index (χ3n) is 3.40. The van der Waals surface area contributed by atoms with Crippen molar-refractivity contribution in [3.63, 3.8) is 0 Å². The van der Waals surface area contributed by atoms with Crippen LogP contribution in [0, 0.1) is 5.92 Å². The van der Waals surface area contributed by atoms with E-state index in [1.165, 1.54) is 32.1 Å². The minimum Gasteiger partial charge on any atom is -0.352 e. The highest BCUT2D eigenvalue weighted by Gasteiger charge is 2.26. The molecule has 0 bridgehead atoms. The maximum atomic E-state index is 11.8. The van der Waals surface area contributed by atoms with E-state index in [9.17, 15) is 4.79 Å². The predicted molar refractivity (Wildman–Crippen MR) is 67.8 cm³/mol. The monoisotopic (exact) mass is 246 g/mol. The molecule has 2 aliphatic rings. The lowest BCUT2D eigenvalue weighted by Crippen LogP contribution is -2.49. The van der Waals surface area contributed by atoms with Crippen LogP contribution in [0.15, 0.2) is 0 Å². The molecule has 1 aliphatic heterocycles. The number of carbonyl (C=O) groups excluding carboxylic acids is 1. The molecule has 0 spiro atoms. The molecule has 2 N–H and O–H groups in total. The van der Waals surface area contributed by atoms with Crippen LogP contribution in [0.4, 0.5) is 0 Å². The third kappa shape index (κ3) is 4.30. The first kappa shape index (κ1) is 13.8.